The number of para-hydroxylation sites is 1. The van der Waals surface area contributed by atoms with Crippen LogP contribution in [0.3, 0.4) is 0 Å². The van der Waals surface area contributed by atoms with Crippen molar-refractivity contribution in [2.24, 2.45) is 5.11 Å². The van der Waals surface area contributed by atoms with E-state index in [0.29, 0.717) is 11.3 Å². The fourth-order valence-corrected chi connectivity index (χ4v) is 1.90. The number of aromatic amines is 1. The van der Waals surface area contributed by atoms with Gasteiger partial charge in [-0.15, -0.1) is 0 Å². The quantitative estimate of drug-likeness (QED) is 0.376. The zero-order valence-corrected chi connectivity index (χ0v) is 8.75. The number of azide groups is 1. The van der Waals surface area contributed by atoms with E-state index in [0.717, 1.165) is 16.3 Å². The van der Waals surface area contributed by atoms with E-state index in [4.69, 9.17) is 11.3 Å². The fourth-order valence-electron chi connectivity index (χ4n) is 1.90. The Labute approximate surface area is 95.7 Å². The standard InChI is InChI=1S/C11H8N6/c12-10-9(16-17-13)5-7-6-3-1-2-4-8(6)14-11(7)15-10/h1-5H,(H3,12,14,15). The van der Waals surface area contributed by atoms with Crippen molar-refractivity contribution in [3.8, 4) is 0 Å². The van der Waals surface area contributed by atoms with Crippen molar-refractivity contribution >= 4 is 33.4 Å². The van der Waals surface area contributed by atoms with Gasteiger partial charge in [0, 0.05) is 21.2 Å². The molecule has 3 N–H and O–H groups in total. The molecule has 6 heteroatoms. The predicted molar refractivity (Wildman–Crippen MR) is 66.8 cm³/mol. The summed E-state index contributed by atoms with van der Waals surface area (Å²) in [5, 5.41) is 5.45. The highest BCUT2D eigenvalue weighted by Gasteiger charge is 2.07. The van der Waals surface area contributed by atoms with Crippen LogP contribution in [0.15, 0.2) is 35.4 Å². The maximum Gasteiger partial charge on any atom is 0.140 e. The topological polar surface area (TPSA) is 103 Å². The van der Waals surface area contributed by atoms with Gasteiger partial charge in [-0.1, -0.05) is 23.3 Å². The zero-order chi connectivity index (χ0) is 11.8. The van der Waals surface area contributed by atoms with Crippen molar-refractivity contribution < 1.29 is 0 Å². The van der Waals surface area contributed by atoms with Crippen LogP contribution in [0.4, 0.5) is 11.5 Å². The number of nitrogens with one attached hydrogen (secondary N) is 1. The Bertz CT molecular complexity index is 766. The molecule has 0 saturated carbocycles. The Hall–Kier alpha value is -2.72. The highest BCUT2D eigenvalue weighted by atomic mass is 15.1. The number of pyridine rings is 1. The van der Waals surface area contributed by atoms with E-state index in [1.165, 1.54) is 0 Å². The third-order valence-corrected chi connectivity index (χ3v) is 2.65. The van der Waals surface area contributed by atoms with Gasteiger partial charge in [-0.05, 0) is 17.7 Å². The van der Waals surface area contributed by atoms with Crippen LogP contribution in [0.5, 0.6) is 0 Å². The first-order valence-electron chi connectivity index (χ1n) is 5.01. The second-order valence-electron chi connectivity index (χ2n) is 3.65. The van der Waals surface area contributed by atoms with Crippen LogP contribution in [0, 0.1) is 0 Å². The minimum atomic E-state index is 0.224. The predicted octanol–water partition coefficient (Wildman–Crippen LogP) is 3.24. The van der Waals surface area contributed by atoms with Gasteiger partial charge in [0.15, 0.2) is 0 Å². The van der Waals surface area contributed by atoms with Crippen LogP contribution in [-0.4, -0.2) is 9.97 Å². The molecule has 2 heterocycles. The molecule has 0 aliphatic rings. The minimum Gasteiger partial charge on any atom is -0.383 e. The second-order valence-corrected chi connectivity index (χ2v) is 3.65. The van der Waals surface area contributed by atoms with Crippen LogP contribution in [0.2, 0.25) is 0 Å². The van der Waals surface area contributed by atoms with Crippen LogP contribution in [0.1, 0.15) is 0 Å². The third-order valence-electron chi connectivity index (χ3n) is 2.65. The lowest BCUT2D eigenvalue weighted by atomic mass is 10.2. The second kappa shape index (κ2) is 3.40. The van der Waals surface area contributed by atoms with Gasteiger partial charge < -0.3 is 10.7 Å². The Balaban J connectivity index is 2.47. The monoisotopic (exact) mass is 224 g/mol. The van der Waals surface area contributed by atoms with Crippen molar-refractivity contribution in [1.82, 2.24) is 9.97 Å². The number of rotatable bonds is 1. The maximum absolute atomic E-state index is 8.45. The van der Waals surface area contributed by atoms with Crippen molar-refractivity contribution in [1.29, 1.82) is 0 Å². The lowest BCUT2D eigenvalue weighted by Gasteiger charge is -1.97. The molecule has 0 aliphatic carbocycles. The number of hydrogen-bond acceptors (Lipinski definition) is 3. The minimum absolute atomic E-state index is 0.224. The molecule has 0 saturated heterocycles. The van der Waals surface area contributed by atoms with Gasteiger partial charge in [-0.3, -0.25) is 0 Å². The lowest BCUT2D eigenvalue weighted by molar-refractivity contribution is 1.33. The molecule has 0 aliphatic heterocycles. The summed E-state index contributed by atoms with van der Waals surface area (Å²) in [7, 11) is 0. The first-order chi connectivity index (χ1) is 8.29. The highest BCUT2D eigenvalue weighted by molar-refractivity contribution is 6.07. The van der Waals surface area contributed by atoms with Gasteiger partial charge >= 0.3 is 0 Å². The fraction of sp³-hybridized carbons (Fsp3) is 0. The number of nitrogens with two attached hydrogens (primary N) is 1. The largest absolute Gasteiger partial charge is 0.383 e. The molecule has 1 aromatic carbocycles. The summed E-state index contributed by atoms with van der Waals surface area (Å²) in [5.41, 5.74) is 16.2. The van der Waals surface area contributed by atoms with Crippen LogP contribution < -0.4 is 5.73 Å². The molecular formula is C11H8N6. The molecule has 0 fully saturated rings. The van der Waals surface area contributed by atoms with Crippen LogP contribution in [-0.2, 0) is 0 Å². The maximum atomic E-state index is 8.45. The summed E-state index contributed by atoms with van der Waals surface area (Å²) in [4.78, 5) is 10.1. The van der Waals surface area contributed by atoms with E-state index in [2.05, 4.69) is 20.0 Å². The van der Waals surface area contributed by atoms with Crippen molar-refractivity contribution in [2.45, 2.75) is 0 Å². The number of fused-ring (bicyclic) bond motifs is 3. The molecule has 0 atom stereocenters. The molecular weight excluding hydrogens is 216 g/mol. The number of benzene rings is 1. The molecule has 0 amide bonds. The summed E-state index contributed by atoms with van der Waals surface area (Å²) in [6.45, 7) is 0. The van der Waals surface area contributed by atoms with Gasteiger partial charge in [-0.25, -0.2) is 4.98 Å². The SMILES string of the molecule is [N-]=[N+]=Nc1cc2c(nc1N)[nH]c1ccccc12. The average Bonchev–Trinajstić information content (AvgIpc) is 2.67. The Morgan fingerprint density at radius 3 is 2.94 bits per heavy atom. The Kier molecular flexibility index (Phi) is 1.90. The smallest absolute Gasteiger partial charge is 0.140 e. The van der Waals surface area contributed by atoms with Crippen molar-refractivity contribution in [2.75, 3.05) is 5.73 Å². The molecule has 0 spiro atoms. The summed E-state index contributed by atoms with van der Waals surface area (Å²) in [5.74, 6) is 0.224. The average molecular weight is 224 g/mol. The van der Waals surface area contributed by atoms with Gasteiger partial charge in [-0.2, -0.15) is 0 Å². The number of hydrogen-bond donors (Lipinski definition) is 2. The van der Waals surface area contributed by atoms with Gasteiger partial charge in [0.25, 0.3) is 0 Å². The summed E-state index contributed by atoms with van der Waals surface area (Å²) >= 11 is 0. The number of nitrogens with zero attached hydrogens (tertiary/aromatic N) is 4. The van der Waals surface area contributed by atoms with Crippen molar-refractivity contribution in [3.05, 3.63) is 40.8 Å². The molecule has 0 bridgehead atoms. The van der Waals surface area contributed by atoms with Crippen LogP contribution >= 0.6 is 0 Å². The van der Waals surface area contributed by atoms with Gasteiger partial charge in [0.1, 0.15) is 11.5 Å². The zero-order valence-electron chi connectivity index (χ0n) is 8.75. The number of anilines is 1. The van der Waals surface area contributed by atoms with Crippen LogP contribution in [0.25, 0.3) is 32.4 Å². The molecule has 3 rings (SSSR count). The van der Waals surface area contributed by atoms with Gasteiger partial charge in [0.05, 0.1) is 5.69 Å². The highest BCUT2D eigenvalue weighted by Crippen LogP contribution is 2.30. The normalized spacial score (nSPS) is 10.6. The van der Waals surface area contributed by atoms with E-state index in [9.17, 15) is 0 Å². The molecule has 2 aromatic heterocycles. The van der Waals surface area contributed by atoms with E-state index in [1.54, 1.807) is 6.07 Å². The first-order valence-corrected chi connectivity index (χ1v) is 5.01. The van der Waals surface area contributed by atoms with Gasteiger partial charge in [0.2, 0.25) is 0 Å². The number of aromatic nitrogens is 2. The van der Waals surface area contributed by atoms with E-state index >= 15 is 0 Å². The number of nitrogen functional groups attached to an aromatic ring is 1. The summed E-state index contributed by atoms with van der Waals surface area (Å²) in [6.07, 6.45) is 0. The molecule has 17 heavy (non-hydrogen) atoms. The van der Waals surface area contributed by atoms with E-state index < -0.39 is 0 Å². The molecule has 0 unspecified atom stereocenters. The summed E-state index contributed by atoms with van der Waals surface area (Å²) in [6, 6.07) is 9.57. The first kappa shape index (κ1) is 9.50. The van der Waals surface area contributed by atoms with E-state index in [-0.39, 0.29) is 5.82 Å². The third kappa shape index (κ3) is 1.36. The van der Waals surface area contributed by atoms with Crippen molar-refractivity contribution in [3.63, 3.8) is 0 Å². The lowest BCUT2D eigenvalue weighted by Crippen LogP contribution is -1.90. The molecule has 3 aromatic rings. The molecule has 82 valence electrons. The molecule has 6 nitrogen and oxygen atoms in total. The summed E-state index contributed by atoms with van der Waals surface area (Å²) < 4.78 is 0. The molecule has 0 radical (unpaired) electrons. The number of H-pyrrole nitrogens is 1. The Morgan fingerprint density at radius 2 is 2.12 bits per heavy atom. The Morgan fingerprint density at radius 1 is 1.29 bits per heavy atom. The van der Waals surface area contributed by atoms with E-state index in [1.807, 2.05) is 24.3 Å².